The lowest BCUT2D eigenvalue weighted by Gasteiger charge is -2.29. The van der Waals surface area contributed by atoms with Gasteiger partial charge in [0.15, 0.2) is 0 Å². The van der Waals surface area contributed by atoms with Crippen molar-refractivity contribution in [3.63, 3.8) is 0 Å². The molecule has 0 saturated heterocycles. The first kappa shape index (κ1) is 23.3. The van der Waals surface area contributed by atoms with Crippen molar-refractivity contribution in [3.8, 4) is 6.07 Å². The van der Waals surface area contributed by atoms with Gasteiger partial charge in [0.2, 0.25) is 0 Å². The first-order valence-corrected chi connectivity index (χ1v) is 10.2. The van der Waals surface area contributed by atoms with Crippen LogP contribution in [0.5, 0.6) is 0 Å². The third-order valence-electron chi connectivity index (χ3n) is 5.42. The number of hydrogen-bond acceptors (Lipinski definition) is 4. The number of rotatable bonds is 6. The summed E-state index contributed by atoms with van der Waals surface area (Å²) in [7, 11) is 0. The number of para-hydroxylation sites is 1. The average Bonchev–Trinajstić information content (AvgIpc) is 2.75. The number of fused-ring (bicyclic) bond motifs is 1. The van der Waals surface area contributed by atoms with Gasteiger partial charge in [0.25, 0.3) is 5.91 Å². The van der Waals surface area contributed by atoms with Crippen LogP contribution in [0.1, 0.15) is 31.4 Å². The van der Waals surface area contributed by atoms with Crippen LogP contribution >= 0.6 is 0 Å². The van der Waals surface area contributed by atoms with Crippen LogP contribution in [0.2, 0.25) is 0 Å². The fourth-order valence-electron chi connectivity index (χ4n) is 3.78. The van der Waals surface area contributed by atoms with E-state index in [9.17, 15) is 10.1 Å². The van der Waals surface area contributed by atoms with Crippen LogP contribution in [0.15, 0.2) is 54.2 Å². The predicted octanol–water partition coefficient (Wildman–Crippen LogP) is 1.64. The minimum atomic E-state index is -0.260. The Morgan fingerprint density at radius 1 is 1.23 bits per heavy atom. The molecule has 6 heteroatoms. The van der Waals surface area contributed by atoms with Crippen LogP contribution in [0.25, 0.3) is 0 Å². The van der Waals surface area contributed by atoms with E-state index in [-0.39, 0.29) is 23.9 Å². The van der Waals surface area contributed by atoms with Crippen molar-refractivity contribution in [3.05, 3.63) is 65.4 Å². The van der Waals surface area contributed by atoms with E-state index in [1.165, 1.54) is 11.9 Å². The van der Waals surface area contributed by atoms with E-state index in [0.717, 1.165) is 48.4 Å². The zero-order valence-corrected chi connectivity index (χ0v) is 18.5. The zero-order valence-electron chi connectivity index (χ0n) is 17.8. The maximum absolute atomic E-state index is 13.0. The molecular formula is C24H28ClN4O-. The molecule has 0 atom stereocenters. The standard InChI is InChI=1S/C24H28N4O.ClH/c1-4-27(5-2)21-12-13-22(18(3)15-21)26-17-20(16-25)24(29)28-14-8-10-19-9-6-7-11-23(19)28;/h6-7,9,11-13,15,17,26H,4-5,8,10,14H2,1-3H3;1H/p-1/b20-17-;. The molecule has 2 aromatic rings. The minimum Gasteiger partial charge on any atom is -1.00 e. The third kappa shape index (κ3) is 4.95. The molecule has 158 valence electrons. The van der Waals surface area contributed by atoms with Crippen LogP contribution in [0, 0.1) is 18.3 Å². The Balaban J connectivity index is 0.00000320. The van der Waals surface area contributed by atoms with E-state index in [1.807, 2.05) is 37.3 Å². The summed E-state index contributed by atoms with van der Waals surface area (Å²) < 4.78 is 0. The molecule has 1 aliphatic heterocycles. The lowest BCUT2D eigenvalue weighted by molar-refractivity contribution is -0.114. The monoisotopic (exact) mass is 423 g/mol. The minimum absolute atomic E-state index is 0. The number of nitrogens with one attached hydrogen (secondary N) is 1. The number of halogens is 1. The van der Waals surface area contributed by atoms with Gasteiger partial charge in [0.05, 0.1) is 0 Å². The number of hydrogen-bond donors (Lipinski definition) is 1. The number of carbonyl (C=O) groups is 1. The van der Waals surface area contributed by atoms with Crippen molar-refractivity contribution in [2.24, 2.45) is 0 Å². The second-order valence-electron chi connectivity index (χ2n) is 7.17. The Morgan fingerprint density at radius 2 is 1.97 bits per heavy atom. The molecule has 1 amide bonds. The highest BCUT2D eigenvalue weighted by molar-refractivity contribution is 6.09. The molecule has 5 nitrogen and oxygen atoms in total. The molecule has 1 aliphatic rings. The fourth-order valence-corrected chi connectivity index (χ4v) is 3.78. The molecule has 0 aliphatic carbocycles. The molecule has 3 rings (SSSR count). The quantitative estimate of drug-likeness (QED) is 0.567. The lowest BCUT2D eigenvalue weighted by atomic mass is 10.0. The molecular weight excluding hydrogens is 396 g/mol. The van der Waals surface area contributed by atoms with Crippen LogP contribution < -0.4 is 27.5 Å². The van der Waals surface area contributed by atoms with E-state index in [2.05, 4.69) is 42.3 Å². The molecule has 0 spiro atoms. The van der Waals surface area contributed by atoms with Gasteiger partial charge in [-0.05, 0) is 69.0 Å². The number of carbonyl (C=O) groups excluding carboxylic acids is 1. The van der Waals surface area contributed by atoms with Gasteiger partial charge in [-0.25, -0.2) is 0 Å². The van der Waals surface area contributed by atoms with Gasteiger partial charge in [0.1, 0.15) is 11.6 Å². The van der Waals surface area contributed by atoms with Gasteiger partial charge >= 0.3 is 0 Å². The largest absolute Gasteiger partial charge is 1.00 e. The SMILES string of the molecule is CCN(CC)c1ccc(N/C=C(/C#N)C(=O)N2CCCc3ccccc32)c(C)c1.[Cl-]. The summed E-state index contributed by atoms with van der Waals surface area (Å²) in [6.45, 7) is 8.83. The van der Waals surface area contributed by atoms with Crippen molar-refractivity contribution in [2.75, 3.05) is 34.8 Å². The van der Waals surface area contributed by atoms with Gasteiger partial charge in [-0.3, -0.25) is 4.79 Å². The predicted molar refractivity (Wildman–Crippen MR) is 119 cm³/mol. The normalized spacial score (nSPS) is 13.0. The Labute approximate surface area is 185 Å². The summed E-state index contributed by atoms with van der Waals surface area (Å²) in [4.78, 5) is 17.0. The summed E-state index contributed by atoms with van der Waals surface area (Å²) in [6.07, 6.45) is 3.39. The van der Waals surface area contributed by atoms with Crippen molar-refractivity contribution in [1.82, 2.24) is 0 Å². The van der Waals surface area contributed by atoms with Crippen molar-refractivity contribution >= 4 is 23.0 Å². The molecule has 0 aromatic heterocycles. The number of nitriles is 1. The van der Waals surface area contributed by atoms with Gasteiger partial charge < -0.3 is 27.5 Å². The van der Waals surface area contributed by atoms with E-state index >= 15 is 0 Å². The van der Waals surface area contributed by atoms with E-state index in [4.69, 9.17) is 0 Å². The molecule has 0 unspecified atom stereocenters. The van der Waals surface area contributed by atoms with Gasteiger partial charge in [-0.1, -0.05) is 18.2 Å². The first-order chi connectivity index (χ1) is 14.1. The van der Waals surface area contributed by atoms with Crippen LogP contribution in [-0.4, -0.2) is 25.5 Å². The molecule has 0 fully saturated rings. The third-order valence-corrected chi connectivity index (χ3v) is 5.42. The van der Waals surface area contributed by atoms with Gasteiger partial charge in [-0.2, -0.15) is 5.26 Å². The van der Waals surface area contributed by atoms with Gasteiger partial charge in [0, 0.05) is 42.9 Å². The number of anilines is 3. The highest BCUT2D eigenvalue weighted by Crippen LogP contribution is 2.28. The topological polar surface area (TPSA) is 59.4 Å². The second kappa shape index (κ2) is 10.7. The van der Waals surface area contributed by atoms with Gasteiger partial charge in [-0.15, -0.1) is 0 Å². The number of amides is 1. The van der Waals surface area contributed by atoms with Crippen molar-refractivity contribution in [2.45, 2.75) is 33.6 Å². The molecule has 1 N–H and O–H groups in total. The summed E-state index contributed by atoms with van der Waals surface area (Å²) in [6, 6.07) is 16.2. The smallest absolute Gasteiger partial charge is 0.270 e. The van der Waals surface area contributed by atoms with Crippen molar-refractivity contribution < 1.29 is 17.2 Å². The summed E-state index contributed by atoms with van der Waals surface area (Å²) in [5.74, 6) is -0.260. The zero-order chi connectivity index (χ0) is 20.8. The van der Waals surface area contributed by atoms with Crippen molar-refractivity contribution in [1.29, 1.82) is 5.26 Å². The summed E-state index contributed by atoms with van der Waals surface area (Å²) in [5, 5.41) is 12.8. The highest BCUT2D eigenvalue weighted by Gasteiger charge is 2.24. The maximum atomic E-state index is 13.0. The van der Waals surface area contributed by atoms with E-state index < -0.39 is 0 Å². The summed E-state index contributed by atoms with van der Waals surface area (Å²) in [5.41, 5.74) is 5.29. The lowest BCUT2D eigenvalue weighted by Crippen LogP contribution is -3.00. The Bertz CT molecular complexity index is 960. The maximum Gasteiger partial charge on any atom is 0.270 e. The summed E-state index contributed by atoms with van der Waals surface area (Å²) >= 11 is 0. The number of benzene rings is 2. The highest BCUT2D eigenvalue weighted by atomic mass is 35.5. The molecule has 1 heterocycles. The van der Waals surface area contributed by atoms with Crippen LogP contribution in [0.4, 0.5) is 17.1 Å². The van der Waals surface area contributed by atoms with Crippen LogP contribution in [-0.2, 0) is 11.2 Å². The molecule has 2 aromatic carbocycles. The van der Waals surface area contributed by atoms with Crippen LogP contribution in [0.3, 0.4) is 0 Å². The fraction of sp³-hybridized carbons (Fsp3) is 0.333. The Morgan fingerprint density at radius 3 is 2.63 bits per heavy atom. The number of nitrogens with zero attached hydrogens (tertiary/aromatic N) is 3. The Hall–Kier alpha value is -2.97. The molecule has 0 radical (unpaired) electrons. The molecule has 30 heavy (non-hydrogen) atoms. The second-order valence-corrected chi connectivity index (χ2v) is 7.17. The molecule has 0 saturated carbocycles. The Kier molecular flexibility index (Phi) is 8.32. The first-order valence-electron chi connectivity index (χ1n) is 10.2. The van der Waals surface area contributed by atoms with E-state index in [0.29, 0.717) is 6.54 Å². The number of aryl methyl sites for hydroxylation is 2. The molecule has 0 bridgehead atoms. The average molecular weight is 424 g/mol. The van der Waals surface area contributed by atoms with E-state index in [1.54, 1.807) is 4.90 Å².